The SMILES string of the molecule is NNc1cc(Nc2ccc(F)c(Br)c2)nc(C(F)(F)F)n1. The second-order valence-electron chi connectivity index (χ2n) is 3.86. The van der Waals surface area contributed by atoms with Gasteiger partial charge in [0.05, 0.1) is 4.47 Å². The van der Waals surface area contributed by atoms with Gasteiger partial charge in [0.15, 0.2) is 0 Å². The lowest BCUT2D eigenvalue weighted by molar-refractivity contribution is -0.144. The Morgan fingerprint density at radius 3 is 2.33 bits per heavy atom. The van der Waals surface area contributed by atoms with Crippen LogP contribution in [0.1, 0.15) is 5.82 Å². The summed E-state index contributed by atoms with van der Waals surface area (Å²) in [7, 11) is 0. The number of nitrogen functional groups attached to an aromatic ring is 1. The first-order valence-corrected chi connectivity index (χ1v) is 6.24. The predicted molar refractivity (Wildman–Crippen MR) is 72.2 cm³/mol. The third kappa shape index (κ3) is 3.79. The van der Waals surface area contributed by atoms with Crippen molar-refractivity contribution in [2.45, 2.75) is 6.18 Å². The maximum Gasteiger partial charge on any atom is 0.451 e. The molecule has 10 heteroatoms. The molecule has 0 saturated carbocycles. The van der Waals surface area contributed by atoms with Gasteiger partial charge in [-0.1, -0.05) is 0 Å². The van der Waals surface area contributed by atoms with Crippen LogP contribution < -0.4 is 16.6 Å². The van der Waals surface area contributed by atoms with Gasteiger partial charge >= 0.3 is 6.18 Å². The van der Waals surface area contributed by atoms with Crippen molar-refractivity contribution in [3.63, 3.8) is 0 Å². The van der Waals surface area contributed by atoms with Gasteiger partial charge in [0, 0.05) is 11.8 Å². The number of aromatic nitrogens is 2. The van der Waals surface area contributed by atoms with Gasteiger partial charge in [0.25, 0.3) is 0 Å². The van der Waals surface area contributed by atoms with E-state index in [-0.39, 0.29) is 16.1 Å². The van der Waals surface area contributed by atoms with Crippen LogP contribution in [0.5, 0.6) is 0 Å². The van der Waals surface area contributed by atoms with Crippen molar-refractivity contribution in [1.29, 1.82) is 0 Å². The molecule has 0 aliphatic heterocycles. The van der Waals surface area contributed by atoms with Crippen LogP contribution in [0.15, 0.2) is 28.7 Å². The summed E-state index contributed by atoms with van der Waals surface area (Å²) >= 11 is 2.97. The number of anilines is 3. The highest BCUT2D eigenvalue weighted by molar-refractivity contribution is 9.10. The Bertz CT molecular complexity index is 662. The molecule has 4 N–H and O–H groups in total. The minimum atomic E-state index is -4.72. The third-order valence-electron chi connectivity index (χ3n) is 2.32. The topological polar surface area (TPSA) is 75.9 Å². The van der Waals surface area contributed by atoms with Crippen molar-refractivity contribution in [2.75, 3.05) is 10.7 Å². The molecule has 1 aromatic heterocycles. The number of nitrogens with one attached hydrogen (secondary N) is 2. The Hall–Kier alpha value is -1.94. The number of nitrogens with two attached hydrogens (primary N) is 1. The van der Waals surface area contributed by atoms with E-state index in [4.69, 9.17) is 5.84 Å². The summed E-state index contributed by atoms with van der Waals surface area (Å²) in [6.45, 7) is 0. The smallest absolute Gasteiger partial charge is 0.340 e. The number of nitrogens with zero attached hydrogens (tertiary/aromatic N) is 2. The molecule has 0 aliphatic carbocycles. The van der Waals surface area contributed by atoms with Crippen molar-refractivity contribution >= 4 is 33.3 Å². The number of alkyl halides is 3. The van der Waals surface area contributed by atoms with E-state index in [9.17, 15) is 17.6 Å². The van der Waals surface area contributed by atoms with Crippen LogP contribution in [0, 0.1) is 5.82 Å². The second-order valence-corrected chi connectivity index (χ2v) is 4.71. The second kappa shape index (κ2) is 5.82. The van der Waals surface area contributed by atoms with Gasteiger partial charge < -0.3 is 10.7 Å². The molecule has 0 radical (unpaired) electrons. The molecule has 0 amide bonds. The van der Waals surface area contributed by atoms with Crippen molar-refractivity contribution in [1.82, 2.24) is 9.97 Å². The molecule has 5 nitrogen and oxygen atoms in total. The molecule has 1 heterocycles. The molecule has 21 heavy (non-hydrogen) atoms. The Labute approximate surface area is 124 Å². The molecule has 0 fully saturated rings. The van der Waals surface area contributed by atoms with E-state index >= 15 is 0 Å². The number of hydrazine groups is 1. The van der Waals surface area contributed by atoms with Crippen LogP contribution in [0.2, 0.25) is 0 Å². The highest BCUT2D eigenvalue weighted by atomic mass is 79.9. The van der Waals surface area contributed by atoms with E-state index < -0.39 is 17.8 Å². The molecule has 0 atom stereocenters. The van der Waals surface area contributed by atoms with Crippen molar-refractivity contribution in [3.8, 4) is 0 Å². The molecule has 1 aromatic carbocycles. The summed E-state index contributed by atoms with van der Waals surface area (Å²) < 4.78 is 51.2. The lowest BCUT2D eigenvalue weighted by atomic mass is 10.3. The summed E-state index contributed by atoms with van der Waals surface area (Å²) in [5.41, 5.74) is 2.37. The van der Waals surface area contributed by atoms with E-state index in [1.807, 2.05) is 5.43 Å². The molecule has 112 valence electrons. The summed E-state index contributed by atoms with van der Waals surface area (Å²) in [6.07, 6.45) is -4.72. The standard InChI is InChI=1S/C11H8BrF4N5/c12-6-3-5(1-2-7(6)13)18-8-4-9(21-17)20-10(19-8)11(14,15)16/h1-4H,17H2,(H2,18,19,20,21). The van der Waals surface area contributed by atoms with Gasteiger partial charge in [0.1, 0.15) is 17.5 Å². The third-order valence-corrected chi connectivity index (χ3v) is 2.93. The van der Waals surface area contributed by atoms with E-state index in [0.717, 1.165) is 6.07 Å². The number of benzene rings is 1. The molecule has 2 rings (SSSR count). The summed E-state index contributed by atoms with van der Waals surface area (Å²) in [6, 6.07) is 5.05. The first kappa shape index (κ1) is 15.4. The van der Waals surface area contributed by atoms with Crippen LogP contribution in [0.25, 0.3) is 0 Å². The van der Waals surface area contributed by atoms with Crippen LogP contribution in [-0.4, -0.2) is 9.97 Å². The Morgan fingerprint density at radius 1 is 1.10 bits per heavy atom. The van der Waals surface area contributed by atoms with E-state index in [2.05, 4.69) is 31.2 Å². The normalized spacial score (nSPS) is 11.3. The number of halogens is 5. The van der Waals surface area contributed by atoms with E-state index in [1.165, 1.54) is 18.2 Å². The van der Waals surface area contributed by atoms with E-state index in [1.54, 1.807) is 0 Å². The molecule has 2 aromatic rings. The predicted octanol–water partition coefficient (Wildman–Crippen LogP) is 3.43. The van der Waals surface area contributed by atoms with E-state index in [0.29, 0.717) is 5.69 Å². The van der Waals surface area contributed by atoms with Gasteiger partial charge in [-0.05, 0) is 34.1 Å². The first-order valence-electron chi connectivity index (χ1n) is 5.44. The molecular formula is C11H8BrF4N5. The van der Waals surface area contributed by atoms with Crippen LogP contribution >= 0.6 is 15.9 Å². The summed E-state index contributed by atoms with van der Waals surface area (Å²) in [5.74, 6) is 2.89. The zero-order valence-electron chi connectivity index (χ0n) is 10.2. The largest absolute Gasteiger partial charge is 0.451 e. The fraction of sp³-hybridized carbons (Fsp3) is 0.0909. The Morgan fingerprint density at radius 2 is 1.76 bits per heavy atom. The van der Waals surface area contributed by atoms with Gasteiger partial charge in [-0.2, -0.15) is 13.2 Å². The van der Waals surface area contributed by atoms with Gasteiger partial charge in [0.2, 0.25) is 5.82 Å². The molecule has 0 spiro atoms. The molecule has 0 aliphatic rings. The highest BCUT2D eigenvalue weighted by Gasteiger charge is 2.35. The molecule has 0 saturated heterocycles. The van der Waals surface area contributed by atoms with Crippen LogP contribution in [0.3, 0.4) is 0 Å². The molecule has 0 unspecified atom stereocenters. The fourth-order valence-corrected chi connectivity index (χ4v) is 1.81. The number of rotatable bonds is 3. The van der Waals surface area contributed by atoms with Crippen molar-refractivity contribution < 1.29 is 17.6 Å². The van der Waals surface area contributed by atoms with Crippen molar-refractivity contribution in [2.24, 2.45) is 5.84 Å². The number of hydrogen-bond acceptors (Lipinski definition) is 5. The van der Waals surface area contributed by atoms with Gasteiger partial charge in [-0.15, -0.1) is 0 Å². The highest BCUT2D eigenvalue weighted by Crippen LogP contribution is 2.29. The first-order chi connectivity index (χ1) is 9.79. The minimum absolute atomic E-state index is 0.135. The van der Waals surface area contributed by atoms with Gasteiger partial charge in [-0.3, -0.25) is 0 Å². The van der Waals surface area contributed by atoms with Crippen LogP contribution in [0.4, 0.5) is 34.9 Å². The molecule has 0 bridgehead atoms. The Kier molecular flexibility index (Phi) is 4.28. The lowest BCUT2D eigenvalue weighted by Gasteiger charge is -2.11. The Balaban J connectivity index is 2.36. The lowest BCUT2D eigenvalue weighted by Crippen LogP contribution is -2.16. The average molecular weight is 366 g/mol. The van der Waals surface area contributed by atoms with Gasteiger partial charge in [-0.25, -0.2) is 20.2 Å². The molecular weight excluding hydrogens is 358 g/mol. The quantitative estimate of drug-likeness (QED) is 0.441. The monoisotopic (exact) mass is 365 g/mol. The average Bonchev–Trinajstić information content (AvgIpc) is 2.41. The zero-order chi connectivity index (χ0) is 15.6. The van der Waals surface area contributed by atoms with Crippen molar-refractivity contribution in [3.05, 3.63) is 40.4 Å². The maximum absolute atomic E-state index is 13.1. The number of hydrogen-bond donors (Lipinski definition) is 3. The maximum atomic E-state index is 13.1. The summed E-state index contributed by atoms with van der Waals surface area (Å²) in [5, 5.41) is 2.62. The minimum Gasteiger partial charge on any atom is -0.340 e. The fourth-order valence-electron chi connectivity index (χ4n) is 1.43. The van der Waals surface area contributed by atoms with Crippen LogP contribution in [-0.2, 0) is 6.18 Å². The zero-order valence-corrected chi connectivity index (χ0v) is 11.8. The summed E-state index contributed by atoms with van der Waals surface area (Å²) in [4.78, 5) is 6.56.